The molecule has 2 N–H and O–H groups in total. The first-order chi connectivity index (χ1) is 15.0. The van der Waals surface area contributed by atoms with Crippen LogP contribution in [0.1, 0.15) is 29.2 Å². The van der Waals surface area contributed by atoms with Crippen molar-refractivity contribution in [1.29, 1.82) is 0 Å². The standard InChI is InChI=1S/C21H19N5O4S/c27-19(23-24-20(28)15-6-8-17(9-7-15)26(29)30)13-31-21-22-12-18(25(21)16-10-11-16)14-4-2-1-3-5-14/h1-9,12,16H,10-11,13H2,(H,23,27)(H,24,28). The third-order valence-corrected chi connectivity index (χ3v) is 5.70. The summed E-state index contributed by atoms with van der Waals surface area (Å²) < 4.78 is 2.17. The monoisotopic (exact) mass is 437 g/mol. The van der Waals surface area contributed by atoms with Crippen molar-refractivity contribution in [2.75, 3.05) is 5.75 Å². The van der Waals surface area contributed by atoms with Crippen molar-refractivity contribution in [3.63, 3.8) is 0 Å². The van der Waals surface area contributed by atoms with Crippen LogP contribution < -0.4 is 10.9 Å². The minimum absolute atomic E-state index is 0.0818. The Hall–Kier alpha value is -3.66. The summed E-state index contributed by atoms with van der Waals surface area (Å²) >= 11 is 1.31. The summed E-state index contributed by atoms with van der Waals surface area (Å²) in [5, 5.41) is 11.4. The molecule has 1 fully saturated rings. The maximum Gasteiger partial charge on any atom is 0.269 e. The lowest BCUT2D eigenvalue weighted by molar-refractivity contribution is -0.384. The number of carbonyl (C=O) groups is 2. The molecule has 0 atom stereocenters. The van der Waals surface area contributed by atoms with Crippen LogP contribution in [0, 0.1) is 10.1 Å². The molecule has 1 saturated carbocycles. The maximum atomic E-state index is 12.2. The van der Waals surface area contributed by atoms with Crippen LogP contribution in [0.25, 0.3) is 11.3 Å². The molecule has 1 heterocycles. The summed E-state index contributed by atoms with van der Waals surface area (Å²) in [4.78, 5) is 38.9. The van der Waals surface area contributed by atoms with E-state index in [9.17, 15) is 19.7 Å². The van der Waals surface area contributed by atoms with Crippen molar-refractivity contribution in [2.24, 2.45) is 0 Å². The summed E-state index contributed by atoms with van der Waals surface area (Å²) in [6.07, 6.45) is 3.99. The number of nitro benzene ring substituents is 1. The molecule has 1 aliphatic rings. The Morgan fingerprint density at radius 3 is 2.45 bits per heavy atom. The molecule has 4 rings (SSSR count). The van der Waals surface area contributed by atoms with Gasteiger partial charge in [-0.3, -0.25) is 30.6 Å². The van der Waals surface area contributed by atoms with Gasteiger partial charge in [-0.1, -0.05) is 42.1 Å². The molecule has 2 amide bonds. The highest BCUT2D eigenvalue weighted by atomic mass is 32.2. The molecule has 0 saturated heterocycles. The van der Waals surface area contributed by atoms with E-state index in [-0.39, 0.29) is 22.9 Å². The number of nitrogens with one attached hydrogen (secondary N) is 2. The van der Waals surface area contributed by atoms with Gasteiger partial charge >= 0.3 is 0 Å². The largest absolute Gasteiger partial charge is 0.316 e. The Balaban J connectivity index is 1.33. The fraction of sp³-hybridized carbons (Fsp3) is 0.190. The van der Waals surface area contributed by atoms with E-state index in [0.717, 1.165) is 29.3 Å². The van der Waals surface area contributed by atoms with Gasteiger partial charge in [0.15, 0.2) is 5.16 Å². The molecular formula is C21H19N5O4S. The molecule has 0 bridgehead atoms. The molecule has 10 heteroatoms. The zero-order valence-corrected chi connectivity index (χ0v) is 17.2. The number of hydrogen-bond donors (Lipinski definition) is 2. The molecule has 1 aromatic heterocycles. The van der Waals surface area contributed by atoms with E-state index in [1.807, 2.05) is 36.5 Å². The van der Waals surface area contributed by atoms with Crippen LogP contribution in [0.3, 0.4) is 0 Å². The van der Waals surface area contributed by atoms with Crippen LogP contribution in [0.15, 0.2) is 66.0 Å². The van der Waals surface area contributed by atoms with Gasteiger partial charge in [0.25, 0.3) is 11.6 Å². The third-order valence-electron chi connectivity index (χ3n) is 4.73. The second-order valence-corrected chi connectivity index (χ2v) is 7.93. The highest BCUT2D eigenvalue weighted by molar-refractivity contribution is 7.99. The number of non-ortho nitro benzene ring substituents is 1. The lowest BCUT2D eigenvalue weighted by Gasteiger charge is -2.11. The molecule has 0 spiro atoms. The minimum Gasteiger partial charge on any atom is -0.316 e. The Bertz CT molecular complexity index is 1110. The normalized spacial score (nSPS) is 12.9. The molecule has 9 nitrogen and oxygen atoms in total. The van der Waals surface area contributed by atoms with E-state index >= 15 is 0 Å². The van der Waals surface area contributed by atoms with Crippen molar-refractivity contribution in [2.45, 2.75) is 24.0 Å². The Labute approximate surface area is 182 Å². The fourth-order valence-electron chi connectivity index (χ4n) is 3.06. The summed E-state index contributed by atoms with van der Waals surface area (Å²) in [6.45, 7) is 0. The van der Waals surface area contributed by atoms with E-state index in [2.05, 4.69) is 20.4 Å². The summed E-state index contributed by atoms with van der Waals surface area (Å²) in [5.74, 6) is -0.857. The predicted molar refractivity (Wildman–Crippen MR) is 115 cm³/mol. The minimum atomic E-state index is -0.556. The molecule has 3 aromatic rings. The number of amides is 2. The smallest absolute Gasteiger partial charge is 0.269 e. The Morgan fingerprint density at radius 1 is 1.10 bits per heavy atom. The quantitative estimate of drug-likeness (QED) is 0.332. The van der Waals surface area contributed by atoms with Crippen LogP contribution in [0.5, 0.6) is 0 Å². The van der Waals surface area contributed by atoms with Crippen LogP contribution in [0.2, 0.25) is 0 Å². The van der Waals surface area contributed by atoms with Gasteiger partial charge < -0.3 is 4.57 Å². The second kappa shape index (κ2) is 9.00. The number of nitro groups is 1. The molecule has 0 unspecified atom stereocenters. The summed E-state index contributed by atoms with van der Waals surface area (Å²) in [5.41, 5.74) is 6.87. The van der Waals surface area contributed by atoms with Crippen LogP contribution in [-0.4, -0.2) is 32.0 Å². The number of hydrogen-bond acceptors (Lipinski definition) is 6. The van der Waals surface area contributed by atoms with E-state index in [0.29, 0.717) is 6.04 Å². The molecule has 2 aromatic carbocycles. The van der Waals surface area contributed by atoms with E-state index in [1.165, 1.54) is 36.0 Å². The highest BCUT2D eigenvalue weighted by Gasteiger charge is 2.29. The van der Waals surface area contributed by atoms with Gasteiger partial charge in [0.1, 0.15) is 0 Å². The number of carbonyl (C=O) groups excluding carboxylic acids is 2. The van der Waals surface area contributed by atoms with Crippen molar-refractivity contribution >= 4 is 29.3 Å². The topological polar surface area (TPSA) is 119 Å². The Morgan fingerprint density at radius 2 is 1.81 bits per heavy atom. The van der Waals surface area contributed by atoms with Gasteiger partial charge in [-0.2, -0.15) is 0 Å². The van der Waals surface area contributed by atoms with Crippen molar-refractivity contribution in [3.05, 3.63) is 76.5 Å². The Kier molecular flexibility index (Phi) is 5.99. The molecular weight excluding hydrogens is 418 g/mol. The molecule has 31 heavy (non-hydrogen) atoms. The number of rotatable bonds is 7. The number of hydrazine groups is 1. The van der Waals surface area contributed by atoms with Crippen LogP contribution in [-0.2, 0) is 4.79 Å². The number of aromatic nitrogens is 2. The lowest BCUT2D eigenvalue weighted by Crippen LogP contribution is -2.42. The first kappa shape index (κ1) is 20.6. The number of imidazole rings is 1. The van der Waals surface area contributed by atoms with E-state index < -0.39 is 10.8 Å². The molecule has 158 valence electrons. The van der Waals surface area contributed by atoms with Crippen molar-refractivity contribution in [3.8, 4) is 11.3 Å². The van der Waals surface area contributed by atoms with Crippen LogP contribution in [0.4, 0.5) is 5.69 Å². The van der Waals surface area contributed by atoms with Crippen molar-refractivity contribution < 1.29 is 14.5 Å². The van der Waals surface area contributed by atoms with Gasteiger partial charge in [0.2, 0.25) is 5.91 Å². The third kappa shape index (κ3) is 4.92. The molecule has 1 aliphatic carbocycles. The maximum absolute atomic E-state index is 12.2. The average Bonchev–Trinajstić information content (AvgIpc) is 3.55. The average molecular weight is 437 g/mol. The highest BCUT2D eigenvalue weighted by Crippen LogP contribution is 2.41. The van der Waals surface area contributed by atoms with Gasteiger partial charge in [0.05, 0.1) is 22.6 Å². The van der Waals surface area contributed by atoms with Gasteiger partial charge in [-0.15, -0.1) is 0 Å². The first-order valence-electron chi connectivity index (χ1n) is 9.62. The SMILES string of the molecule is O=C(CSc1ncc(-c2ccccc2)n1C1CC1)NNC(=O)c1ccc([N+](=O)[O-])cc1. The summed E-state index contributed by atoms with van der Waals surface area (Å²) in [7, 11) is 0. The van der Waals surface area contributed by atoms with E-state index in [4.69, 9.17) is 0 Å². The summed E-state index contributed by atoms with van der Waals surface area (Å²) in [6, 6.07) is 15.5. The predicted octanol–water partition coefficient (Wildman–Crippen LogP) is 3.35. The zero-order valence-electron chi connectivity index (χ0n) is 16.4. The number of benzene rings is 2. The second-order valence-electron chi connectivity index (χ2n) is 6.99. The number of thioether (sulfide) groups is 1. The van der Waals surface area contributed by atoms with Gasteiger partial charge in [-0.25, -0.2) is 4.98 Å². The number of nitrogens with zero attached hydrogens (tertiary/aromatic N) is 3. The molecule has 0 radical (unpaired) electrons. The van der Waals surface area contributed by atoms with Gasteiger partial charge in [0, 0.05) is 23.7 Å². The lowest BCUT2D eigenvalue weighted by atomic mass is 10.2. The molecule has 0 aliphatic heterocycles. The zero-order chi connectivity index (χ0) is 21.8. The first-order valence-corrected chi connectivity index (χ1v) is 10.6. The van der Waals surface area contributed by atoms with Gasteiger partial charge in [-0.05, 0) is 30.5 Å². The fourth-order valence-corrected chi connectivity index (χ4v) is 3.90. The van der Waals surface area contributed by atoms with E-state index in [1.54, 1.807) is 0 Å². The van der Waals surface area contributed by atoms with Crippen LogP contribution >= 0.6 is 11.8 Å². The van der Waals surface area contributed by atoms with Crippen molar-refractivity contribution in [1.82, 2.24) is 20.4 Å².